The summed E-state index contributed by atoms with van der Waals surface area (Å²) in [6.07, 6.45) is 8.34. The minimum absolute atomic E-state index is 0.162. The Labute approximate surface area is 67.7 Å². The summed E-state index contributed by atoms with van der Waals surface area (Å²) in [5, 5.41) is 8.36. The molecule has 0 aliphatic heterocycles. The molecule has 0 aliphatic rings. The summed E-state index contributed by atoms with van der Waals surface area (Å²) < 4.78 is 0. The molecule has 0 saturated carbocycles. The second kappa shape index (κ2) is 8.99. The minimum atomic E-state index is 0.162. The third-order valence-corrected chi connectivity index (χ3v) is 1.54. The van der Waals surface area contributed by atoms with Crippen LogP contribution in [0.5, 0.6) is 0 Å². The minimum Gasteiger partial charge on any atom is -0.392 e. The summed E-state index contributed by atoms with van der Waals surface area (Å²) in [6.45, 7) is 0.162. The Bertz CT molecular complexity index is 81.3. The number of aliphatic hydroxyl groups is 1. The van der Waals surface area contributed by atoms with Gasteiger partial charge in [-0.3, -0.25) is 0 Å². The molecule has 0 fully saturated rings. The summed E-state index contributed by atoms with van der Waals surface area (Å²) in [5.74, 6) is 0.768. The third-order valence-electron chi connectivity index (χ3n) is 1.28. The second-order valence-corrected chi connectivity index (χ2v) is 2.57. The summed E-state index contributed by atoms with van der Waals surface area (Å²) in [5.41, 5.74) is 0. The number of alkyl halides is 1. The molecule has 0 atom stereocenters. The molecule has 1 nitrogen and oxygen atoms in total. The van der Waals surface area contributed by atoms with Crippen LogP contribution < -0.4 is 0 Å². The number of allylic oxidation sites excluding steroid dienone is 1. The maximum atomic E-state index is 8.36. The van der Waals surface area contributed by atoms with Crippen molar-refractivity contribution in [3.05, 3.63) is 12.2 Å². The summed E-state index contributed by atoms with van der Waals surface area (Å²) >= 11 is 5.48. The van der Waals surface area contributed by atoms with Crippen LogP contribution in [0.4, 0.5) is 0 Å². The van der Waals surface area contributed by atoms with E-state index in [1.807, 2.05) is 6.08 Å². The normalized spacial score (nSPS) is 11.0. The van der Waals surface area contributed by atoms with E-state index in [9.17, 15) is 0 Å². The first-order valence-electron chi connectivity index (χ1n) is 3.73. The topological polar surface area (TPSA) is 20.2 Å². The van der Waals surface area contributed by atoms with Crippen LogP contribution in [0, 0.1) is 0 Å². The average Bonchev–Trinajstić information content (AvgIpc) is 1.97. The Balaban J connectivity index is 2.83. The molecule has 0 bridgehead atoms. The zero-order chi connectivity index (χ0) is 7.66. The Hall–Kier alpha value is -0.0100. The fourth-order valence-electron chi connectivity index (χ4n) is 0.726. The van der Waals surface area contributed by atoms with E-state index in [-0.39, 0.29) is 6.61 Å². The standard InChI is InChI=1S/C8H15ClO/c9-7-5-3-1-2-4-6-8-10/h4,6,10H,1-3,5,7-8H2/b6-4+. The lowest BCUT2D eigenvalue weighted by Crippen LogP contribution is -1.77. The first-order valence-corrected chi connectivity index (χ1v) is 4.27. The molecule has 60 valence electrons. The number of hydrogen-bond donors (Lipinski definition) is 1. The maximum Gasteiger partial charge on any atom is 0.0612 e. The summed E-state index contributed by atoms with van der Waals surface area (Å²) in [7, 11) is 0. The Morgan fingerprint density at radius 3 is 2.50 bits per heavy atom. The van der Waals surface area contributed by atoms with Gasteiger partial charge in [-0.15, -0.1) is 11.6 Å². The van der Waals surface area contributed by atoms with Gasteiger partial charge in [-0.1, -0.05) is 18.6 Å². The number of halogens is 1. The van der Waals surface area contributed by atoms with Crippen LogP contribution in [0.25, 0.3) is 0 Å². The van der Waals surface area contributed by atoms with Crippen molar-refractivity contribution in [2.45, 2.75) is 25.7 Å². The molecule has 0 aliphatic carbocycles. The molecular weight excluding hydrogens is 148 g/mol. The molecule has 0 radical (unpaired) electrons. The van der Waals surface area contributed by atoms with Crippen LogP contribution in [0.1, 0.15) is 25.7 Å². The van der Waals surface area contributed by atoms with Crippen molar-refractivity contribution in [1.29, 1.82) is 0 Å². The maximum absolute atomic E-state index is 8.36. The van der Waals surface area contributed by atoms with Crippen LogP contribution in [0.3, 0.4) is 0 Å². The van der Waals surface area contributed by atoms with Gasteiger partial charge in [-0.05, 0) is 19.3 Å². The predicted octanol–water partition coefficient (Wildman–Crippen LogP) is 2.33. The van der Waals surface area contributed by atoms with Gasteiger partial charge in [0.2, 0.25) is 0 Å². The van der Waals surface area contributed by atoms with Gasteiger partial charge in [0, 0.05) is 5.88 Å². The van der Waals surface area contributed by atoms with Crippen LogP contribution in [0.15, 0.2) is 12.2 Å². The van der Waals surface area contributed by atoms with Gasteiger partial charge in [-0.2, -0.15) is 0 Å². The van der Waals surface area contributed by atoms with Gasteiger partial charge in [0.15, 0.2) is 0 Å². The molecule has 2 heteroatoms. The first-order chi connectivity index (χ1) is 4.91. The molecule has 0 aromatic rings. The van der Waals surface area contributed by atoms with Gasteiger partial charge in [0.05, 0.1) is 6.61 Å². The third kappa shape index (κ3) is 7.99. The van der Waals surface area contributed by atoms with E-state index in [0.717, 1.165) is 18.7 Å². The SMILES string of the molecule is OC/C=C/CCCCCCl. The predicted molar refractivity (Wildman–Crippen MR) is 45.4 cm³/mol. The number of hydrogen-bond acceptors (Lipinski definition) is 1. The Morgan fingerprint density at radius 1 is 1.10 bits per heavy atom. The van der Waals surface area contributed by atoms with Gasteiger partial charge in [0.25, 0.3) is 0 Å². The van der Waals surface area contributed by atoms with E-state index in [4.69, 9.17) is 16.7 Å². The van der Waals surface area contributed by atoms with Crippen LogP contribution in [0.2, 0.25) is 0 Å². The molecule has 0 unspecified atom stereocenters. The highest BCUT2D eigenvalue weighted by atomic mass is 35.5. The number of unbranched alkanes of at least 4 members (excludes halogenated alkanes) is 3. The monoisotopic (exact) mass is 162 g/mol. The van der Waals surface area contributed by atoms with Crippen molar-refractivity contribution in [3.63, 3.8) is 0 Å². The number of rotatable bonds is 6. The first kappa shape index (κ1) is 9.99. The fourth-order valence-corrected chi connectivity index (χ4v) is 0.915. The van der Waals surface area contributed by atoms with Crippen molar-refractivity contribution >= 4 is 11.6 Å². The van der Waals surface area contributed by atoms with Gasteiger partial charge >= 0.3 is 0 Å². The smallest absolute Gasteiger partial charge is 0.0612 e. The lowest BCUT2D eigenvalue weighted by Gasteiger charge is -1.92. The highest BCUT2D eigenvalue weighted by Gasteiger charge is 1.83. The van der Waals surface area contributed by atoms with E-state index in [1.54, 1.807) is 6.08 Å². The van der Waals surface area contributed by atoms with Crippen LogP contribution >= 0.6 is 11.6 Å². The summed E-state index contributed by atoms with van der Waals surface area (Å²) in [6, 6.07) is 0. The molecule has 0 aromatic carbocycles. The van der Waals surface area contributed by atoms with Crippen molar-refractivity contribution in [3.8, 4) is 0 Å². The number of aliphatic hydroxyl groups excluding tert-OH is 1. The van der Waals surface area contributed by atoms with Crippen LogP contribution in [-0.4, -0.2) is 17.6 Å². The molecule has 0 amide bonds. The highest BCUT2D eigenvalue weighted by molar-refractivity contribution is 6.17. The molecule has 10 heavy (non-hydrogen) atoms. The summed E-state index contributed by atoms with van der Waals surface area (Å²) in [4.78, 5) is 0. The van der Waals surface area contributed by atoms with E-state index in [2.05, 4.69) is 0 Å². The lowest BCUT2D eigenvalue weighted by atomic mass is 10.2. The zero-order valence-electron chi connectivity index (χ0n) is 6.22. The highest BCUT2D eigenvalue weighted by Crippen LogP contribution is 2.01. The zero-order valence-corrected chi connectivity index (χ0v) is 6.98. The van der Waals surface area contributed by atoms with E-state index in [0.29, 0.717) is 0 Å². The van der Waals surface area contributed by atoms with Crippen molar-refractivity contribution in [1.82, 2.24) is 0 Å². The molecule has 0 saturated heterocycles. The fraction of sp³-hybridized carbons (Fsp3) is 0.750. The van der Waals surface area contributed by atoms with Crippen LogP contribution in [-0.2, 0) is 0 Å². The van der Waals surface area contributed by atoms with Gasteiger partial charge < -0.3 is 5.11 Å². The average molecular weight is 163 g/mol. The lowest BCUT2D eigenvalue weighted by molar-refractivity contribution is 0.342. The van der Waals surface area contributed by atoms with E-state index < -0.39 is 0 Å². The van der Waals surface area contributed by atoms with Gasteiger partial charge in [-0.25, -0.2) is 0 Å². The molecule has 0 aromatic heterocycles. The largest absolute Gasteiger partial charge is 0.392 e. The molecular formula is C8H15ClO. The molecule has 0 rings (SSSR count). The Morgan fingerprint density at radius 2 is 1.90 bits per heavy atom. The quantitative estimate of drug-likeness (QED) is 0.361. The van der Waals surface area contributed by atoms with E-state index in [1.165, 1.54) is 12.8 Å². The second-order valence-electron chi connectivity index (χ2n) is 2.19. The van der Waals surface area contributed by atoms with Gasteiger partial charge in [0.1, 0.15) is 0 Å². The Kier molecular flexibility index (Phi) is 8.98. The molecule has 0 spiro atoms. The molecule has 0 heterocycles. The van der Waals surface area contributed by atoms with Crippen molar-refractivity contribution in [2.24, 2.45) is 0 Å². The van der Waals surface area contributed by atoms with E-state index >= 15 is 0 Å². The molecule has 1 N–H and O–H groups in total. The van der Waals surface area contributed by atoms with Crippen molar-refractivity contribution in [2.75, 3.05) is 12.5 Å². The van der Waals surface area contributed by atoms with Crippen molar-refractivity contribution < 1.29 is 5.11 Å².